The summed E-state index contributed by atoms with van der Waals surface area (Å²) >= 11 is 0. The van der Waals surface area contributed by atoms with E-state index in [-0.39, 0.29) is 5.78 Å². The van der Waals surface area contributed by atoms with Crippen molar-refractivity contribution in [3.8, 4) is 11.5 Å². The van der Waals surface area contributed by atoms with E-state index in [1.165, 1.54) is 6.92 Å². The van der Waals surface area contributed by atoms with E-state index < -0.39 is 0 Å². The van der Waals surface area contributed by atoms with Crippen LogP contribution in [-0.2, 0) is 9.47 Å². The van der Waals surface area contributed by atoms with Gasteiger partial charge >= 0.3 is 0 Å². The van der Waals surface area contributed by atoms with Crippen LogP contribution in [0.5, 0.6) is 11.5 Å². The third kappa shape index (κ3) is 5.28. The molecule has 1 aromatic carbocycles. The van der Waals surface area contributed by atoms with Gasteiger partial charge in [-0.1, -0.05) is 0 Å². The zero-order valence-electron chi connectivity index (χ0n) is 11.6. The molecular weight excluding hydrogens is 248 g/mol. The van der Waals surface area contributed by atoms with Crippen LogP contribution >= 0.6 is 0 Å². The van der Waals surface area contributed by atoms with Gasteiger partial charge in [0.15, 0.2) is 17.3 Å². The molecule has 106 valence electrons. The molecule has 0 N–H and O–H groups in total. The molecule has 0 saturated heterocycles. The van der Waals surface area contributed by atoms with Crippen molar-refractivity contribution < 1.29 is 23.7 Å². The van der Waals surface area contributed by atoms with Crippen LogP contribution in [-0.4, -0.2) is 46.4 Å². The van der Waals surface area contributed by atoms with Crippen LogP contribution in [0, 0.1) is 0 Å². The maximum Gasteiger partial charge on any atom is 0.162 e. The van der Waals surface area contributed by atoms with Crippen molar-refractivity contribution in [2.45, 2.75) is 6.92 Å². The summed E-state index contributed by atoms with van der Waals surface area (Å²) in [6, 6.07) is 5.13. The molecule has 0 radical (unpaired) electrons. The van der Waals surface area contributed by atoms with Gasteiger partial charge in [-0.25, -0.2) is 0 Å². The number of hydrogen-bond acceptors (Lipinski definition) is 5. The molecule has 5 nitrogen and oxygen atoms in total. The second-order valence-electron chi connectivity index (χ2n) is 3.90. The van der Waals surface area contributed by atoms with Crippen molar-refractivity contribution in [2.24, 2.45) is 0 Å². The van der Waals surface area contributed by atoms with Crippen molar-refractivity contribution in [2.75, 3.05) is 40.6 Å². The Morgan fingerprint density at radius 3 is 2.05 bits per heavy atom. The van der Waals surface area contributed by atoms with Gasteiger partial charge in [-0.2, -0.15) is 0 Å². The summed E-state index contributed by atoms with van der Waals surface area (Å²) in [6.07, 6.45) is 0. The van der Waals surface area contributed by atoms with Gasteiger partial charge in [-0.05, 0) is 25.1 Å². The van der Waals surface area contributed by atoms with Crippen LogP contribution in [0.2, 0.25) is 0 Å². The van der Waals surface area contributed by atoms with Crippen molar-refractivity contribution in [3.05, 3.63) is 23.8 Å². The lowest BCUT2D eigenvalue weighted by Gasteiger charge is -2.13. The van der Waals surface area contributed by atoms with Crippen molar-refractivity contribution in [1.29, 1.82) is 0 Å². The molecule has 0 unspecified atom stereocenters. The van der Waals surface area contributed by atoms with Gasteiger partial charge in [0.25, 0.3) is 0 Å². The molecule has 0 aliphatic carbocycles. The van der Waals surface area contributed by atoms with E-state index in [1.54, 1.807) is 32.4 Å². The Kier molecular flexibility index (Phi) is 6.92. The largest absolute Gasteiger partial charge is 0.487 e. The minimum atomic E-state index is -0.0139. The molecule has 0 heterocycles. The van der Waals surface area contributed by atoms with Crippen LogP contribution in [0.4, 0.5) is 0 Å². The number of ether oxygens (including phenoxy) is 4. The van der Waals surface area contributed by atoms with Crippen molar-refractivity contribution in [3.63, 3.8) is 0 Å². The fraction of sp³-hybridized carbons (Fsp3) is 0.500. The summed E-state index contributed by atoms with van der Waals surface area (Å²) in [5.41, 5.74) is 0.589. The van der Waals surface area contributed by atoms with Gasteiger partial charge in [0.2, 0.25) is 0 Å². The highest BCUT2D eigenvalue weighted by Crippen LogP contribution is 2.28. The van der Waals surface area contributed by atoms with Crippen LogP contribution in [0.25, 0.3) is 0 Å². The number of carbonyl (C=O) groups is 1. The molecule has 0 saturated carbocycles. The Hall–Kier alpha value is -1.59. The van der Waals surface area contributed by atoms with E-state index in [9.17, 15) is 4.79 Å². The van der Waals surface area contributed by atoms with Gasteiger partial charge in [0, 0.05) is 19.8 Å². The first-order valence-electron chi connectivity index (χ1n) is 6.07. The zero-order valence-corrected chi connectivity index (χ0v) is 11.6. The van der Waals surface area contributed by atoms with E-state index in [0.29, 0.717) is 43.5 Å². The quantitative estimate of drug-likeness (QED) is 0.506. The predicted molar refractivity (Wildman–Crippen MR) is 71.2 cm³/mol. The Morgan fingerprint density at radius 1 is 0.947 bits per heavy atom. The summed E-state index contributed by atoms with van der Waals surface area (Å²) in [4.78, 5) is 11.4. The highest BCUT2D eigenvalue weighted by atomic mass is 16.5. The molecule has 0 aromatic heterocycles. The SMILES string of the molecule is COCCOc1ccc(C(C)=O)cc1OCCOC. The van der Waals surface area contributed by atoms with E-state index in [0.717, 1.165) is 0 Å². The molecule has 0 amide bonds. The lowest BCUT2D eigenvalue weighted by Crippen LogP contribution is -2.09. The minimum absolute atomic E-state index is 0.0139. The zero-order chi connectivity index (χ0) is 14.1. The van der Waals surface area contributed by atoms with E-state index in [1.807, 2.05) is 0 Å². The minimum Gasteiger partial charge on any atom is -0.487 e. The first kappa shape index (κ1) is 15.5. The molecular formula is C14H20O5. The Bertz CT molecular complexity index is 403. The molecule has 19 heavy (non-hydrogen) atoms. The van der Waals surface area contributed by atoms with Gasteiger partial charge < -0.3 is 18.9 Å². The standard InChI is InChI=1S/C14H20O5/c1-11(15)12-4-5-13(18-8-6-16-2)14(10-12)19-9-7-17-3/h4-5,10H,6-9H2,1-3H3. The summed E-state index contributed by atoms with van der Waals surface area (Å²) in [5, 5.41) is 0. The average molecular weight is 268 g/mol. The normalized spacial score (nSPS) is 10.3. The third-order valence-electron chi connectivity index (χ3n) is 2.44. The van der Waals surface area contributed by atoms with Gasteiger partial charge in [0.05, 0.1) is 13.2 Å². The highest BCUT2D eigenvalue weighted by Gasteiger charge is 2.09. The molecule has 0 spiro atoms. The molecule has 1 aromatic rings. The second-order valence-corrected chi connectivity index (χ2v) is 3.90. The van der Waals surface area contributed by atoms with Gasteiger partial charge in [-0.15, -0.1) is 0 Å². The number of benzene rings is 1. The molecule has 0 atom stereocenters. The number of hydrogen-bond donors (Lipinski definition) is 0. The number of Topliss-reactive ketones (excluding diaryl/α,β-unsaturated/α-hetero) is 1. The smallest absolute Gasteiger partial charge is 0.162 e. The molecule has 0 fully saturated rings. The topological polar surface area (TPSA) is 54.0 Å². The van der Waals surface area contributed by atoms with E-state index >= 15 is 0 Å². The summed E-state index contributed by atoms with van der Waals surface area (Å²) < 4.78 is 20.9. The first-order chi connectivity index (χ1) is 9.19. The van der Waals surface area contributed by atoms with E-state index in [2.05, 4.69) is 0 Å². The summed E-state index contributed by atoms with van der Waals surface area (Å²) in [6.45, 7) is 3.31. The maximum absolute atomic E-state index is 11.4. The fourth-order valence-electron chi connectivity index (χ4n) is 1.43. The van der Waals surface area contributed by atoms with Crippen LogP contribution in [0.1, 0.15) is 17.3 Å². The second kappa shape index (κ2) is 8.50. The average Bonchev–Trinajstić information content (AvgIpc) is 2.40. The number of rotatable bonds is 9. The van der Waals surface area contributed by atoms with Crippen LogP contribution in [0.3, 0.4) is 0 Å². The number of carbonyl (C=O) groups excluding carboxylic acids is 1. The Morgan fingerprint density at radius 2 is 1.53 bits per heavy atom. The fourth-order valence-corrected chi connectivity index (χ4v) is 1.43. The lowest BCUT2D eigenvalue weighted by atomic mass is 10.1. The molecule has 1 rings (SSSR count). The number of methoxy groups -OCH3 is 2. The molecule has 0 bridgehead atoms. The lowest BCUT2D eigenvalue weighted by molar-refractivity contribution is 0.101. The van der Waals surface area contributed by atoms with Gasteiger partial charge in [-0.3, -0.25) is 4.79 Å². The van der Waals surface area contributed by atoms with Gasteiger partial charge in [0.1, 0.15) is 13.2 Å². The summed E-state index contributed by atoms with van der Waals surface area (Å²) in [5.74, 6) is 1.12. The maximum atomic E-state index is 11.4. The van der Waals surface area contributed by atoms with Crippen LogP contribution < -0.4 is 9.47 Å². The molecule has 0 aliphatic rings. The van der Waals surface area contributed by atoms with Crippen molar-refractivity contribution in [1.82, 2.24) is 0 Å². The third-order valence-corrected chi connectivity index (χ3v) is 2.44. The molecule has 5 heteroatoms. The highest BCUT2D eigenvalue weighted by molar-refractivity contribution is 5.94. The first-order valence-corrected chi connectivity index (χ1v) is 6.07. The van der Waals surface area contributed by atoms with E-state index in [4.69, 9.17) is 18.9 Å². The molecule has 0 aliphatic heterocycles. The number of ketones is 1. The predicted octanol–water partition coefficient (Wildman–Crippen LogP) is 1.94. The monoisotopic (exact) mass is 268 g/mol. The summed E-state index contributed by atoms with van der Waals surface area (Å²) in [7, 11) is 3.21. The Balaban J connectivity index is 2.78. The Labute approximate surface area is 113 Å². The van der Waals surface area contributed by atoms with Crippen LogP contribution in [0.15, 0.2) is 18.2 Å². The van der Waals surface area contributed by atoms with Crippen molar-refractivity contribution >= 4 is 5.78 Å².